The number of rotatable bonds is 2. The number of hydrogen-bond donors (Lipinski definition) is 1. The Labute approximate surface area is 108 Å². The first-order chi connectivity index (χ1) is 8.51. The highest BCUT2D eigenvalue weighted by Gasteiger charge is 2.34. The first-order valence-corrected chi connectivity index (χ1v) is 6.77. The third-order valence-electron chi connectivity index (χ3n) is 4.25. The number of nitrogens with zero attached hydrogens (tertiary/aromatic N) is 2. The lowest BCUT2D eigenvalue weighted by atomic mass is 9.73. The molecule has 3 heteroatoms. The van der Waals surface area contributed by atoms with Gasteiger partial charge in [-0.2, -0.15) is 0 Å². The van der Waals surface area contributed by atoms with Gasteiger partial charge in [-0.25, -0.2) is 4.98 Å². The van der Waals surface area contributed by atoms with Crippen LogP contribution in [0.15, 0.2) is 18.2 Å². The number of hydrogen-bond acceptors (Lipinski definition) is 2. The second kappa shape index (κ2) is 3.82. The Balaban J connectivity index is 2.13. The molecule has 0 bridgehead atoms. The molecule has 1 aliphatic rings. The molecule has 18 heavy (non-hydrogen) atoms. The van der Waals surface area contributed by atoms with Gasteiger partial charge in [0.05, 0.1) is 11.0 Å². The van der Waals surface area contributed by atoms with Crippen molar-refractivity contribution < 1.29 is 0 Å². The van der Waals surface area contributed by atoms with Gasteiger partial charge in [-0.05, 0) is 37.0 Å². The van der Waals surface area contributed by atoms with E-state index in [0.29, 0.717) is 5.92 Å². The minimum Gasteiger partial charge on any atom is -0.331 e. The van der Waals surface area contributed by atoms with E-state index in [1.807, 2.05) is 0 Å². The zero-order chi connectivity index (χ0) is 12.9. The molecule has 2 N–H and O–H groups in total. The zero-order valence-corrected chi connectivity index (χ0v) is 11.4. The summed E-state index contributed by atoms with van der Waals surface area (Å²) in [5.41, 5.74) is 9.82. The third kappa shape index (κ3) is 1.57. The van der Waals surface area contributed by atoms with Crippen molar-refractivity contribution in [1.29, 1.82) is 0 Å². The van der Waals surface area contributed by atoms with Crippen molar-refractivity contribution in [2.45, 2.75) is 44.6 Å². The van der Waals surface area contributed by atoms with Crippen LogP contribution < -0.4 is 5.73 Å². The summed E-state index contributed by atoms with van der Waals surface area (Å²) in [6.07, 6.45) is 3.44. The Morgan fingerprint density at radius 1 is 1.33 bits per heavy atom. The molecule has 0 atom stereocenters. The summed E-state index contributed by atoms with van der Waals surface area (Å²) in [5, 5.41) is 0. The first kappa shape index (κ1) is 11.7. The molecule has 0 saturated heterocycles. The monoisotopic (exact) mass is 243 g/mol. The molecule has 0 spiro atoms. The minimum absolute atomic E-state index is 0.0935. The average Bonchev–Trinajstić information content (AvgIpc) is 2.63. The predicted octanol–water partition coefficient (Wildman–Crippen LogP) is 3.03. The van der Waals surface area contributed by atoms with Gasteiger partial charge in [-0.15, -0.1) is 0 Å². The molecule has 0 aliphatic heterocycles. The van der Waals surface area contributed by atoms with Gasteiger partial charge in [0.25, 0.3) is 0 Å². The molecule has 0 radical (unpaired) electrons. The number of fused-ring (bicyclic) bond motifs is 1. The SMILES string of the molecule is CC(C)c1nc2cc(C3(N)CCC3)ccc2n1C. The lowest BCUT2D eigenvalue weighted by molar-refractivity contribution is 0.254. The lowest BCUT2D eigenvalue weighted by Crippen LogP contribution is -2.43. The maximum absolute atomic E-state index is 6.39. The van der Waals surface area contributed by atoms with Crippen LogP contribution in [0.1, 0.15) is 50.4 Å². The summed E-state index contributed by atoms with van der Waals surface area (Å²) in [6.45, 7) is 4.36. The summed E-state index contributed by atoms with van der Waals surface area (Å²) in [5.74, 6) is 1.59. The minimum atomic E-state index is -0.0935. The van der Waals surface area contributed by atoms with Crippen molar-refractivity contribution in [3.05, 3.63) is 29.6 Å². The molecule has 1 saturated carbocycles. The second-order valence-electron chi connectivity index (χ2n) is 5.90. The molecule has 1 aromatic heterocycles. The molecule has 3 rings (SSSR count). The van der Waals surface area contributed by atoms with Crippen LogP contribution in [-0.2, 0) is 12.6 Å². The Hall–Kier alpha value is -1.35. The van der Waals surface area contributed by atoms with E-state index >= 15 is 0 Å². The number of imidazole rings is 1. The fraction of sp³-hybridized carbons (Fsp3) is 0.533. The maximum Gasteiger partial charge on any atom is 0.112 e. The van der Waals surface area contributed by atoms with Gasteiger partial charge in [0, 0.05) is 18.5 Å². The van der Waals surface area contributed by atoms with E-state index < -0.39 is 0 Å². The van der Waals surface area contributed by atoms with E-state index in [0.717, 1.165) is 24.2 Å². The van der Waals surface area contributed by atoms with Gasteiger partial charge < -0.3 is 10.3 Å². The van der Waals surface area contributed by atoms with E-state index in [1.165, 1.54) is 17.5 Å². The van der Waals surface area contributed by atoms with Crippen molar-refractivity contribution in [2.75, 3.05) is 0 Å². The molecule has 2 aromatic rings. The standard InChI is InChI=1S/C15H21N3/c1-10(2)14-17-12-9-11(15(16)7-4-8-15)5-6-13(12)18(14)3/h5-6,9-10H,4,7-8,16H2,1-3H3. The third-order valence-corrected chi connectivity index (χ3v) is 4.25. The highest BCUT2D eigenvalue weighted by Crippen LogP contribution is 2.39. The quantitative estimate of drug-likeness (QED) is 0.881. The maximum atomic E-state index is 6.39. The van der Waals surface area contributed by atoms with Gasteiger partial charge in [-0.1, -0.05) is 19.9 Å². The van der Waals surface area contributed by atoms with Crippen LogP contribution in [0, 0.1) is 0 Å². The molecular weight excluding hydrogens is 222 g/mol. The Morgan fingerprint density at radius 3 is 2.61 bits per heavy atom. The molecule has 1 aromatic carbocycles. The van der Waals surface area contributed by atoms with E-state index in [9.17, 15) is 0 Å². The van der Waals surface area contributed by atoms with E-state index in [-0.39, 0.29) is 5.54 Å². The van der Waals surface area contributed by atoms with Crippen molar-refractivity contribution >= 4 is 11.0 Å². The van der Waals surface area contributed by atoms with Crippen LogP contribution in [0.5, 0.6) is 0 Å². The average molecular weight is 243 g/mol. The van der Waals surface area contributed by atoms with Crippen molar-refractivity contribution in [3.8, 4) is 0 Å². The Kier molecular flexibility index (Phi) is 2.49. The molecule has 3 nitrogen and oxygen atoms in total. The summed E-state index contributed by atoms with van der Waals surface area (Å²) in [4.78, 5) is 4.75. The Bertz CT molecular complexity index is 591. The van der Waals surface area contributed by atoms with E-state index in [1.54, 1.807) is 0 Å². The molecule has 1 heterocycles. The smallest absolute Gasteiger partial charge is 0.112 e. The van der Waals surface area contributed by atoms with Gasteiger partial charge in [0.2, 0.25) is 0 Å². The molecule has 0 unspecified atom stereocenters. The molecular formula is C15H21N3. The van der Waals surface area contributed by atoms with Crippen molar-refractivity contribution in [2.24, 2.45) is 12.8 Å². The van der Waals surface area contributed by atoms with Crippen LogP contribution in [0.2, 0.25) is 0 Å². The fourth-order valence-corrected chi connectivity index (χ4v) is 2.89. The van der Waals surface area contributed by atoms with Gasteiger partial charge in [0.1, 0.15) is 5.82 Å². The molecule has 0 amide bonds. The zero-order valence-electron chi connectivity index (χ0n) is 11.4. The van der Waals surface area contributed by atoms with Crippen molar-refractivity contribution in [1.82, 2.24) is 9.55 Å². The predicted molar refractivity (Wildman–Crippen MR) is 74.5 cm³/mol. The summed E-state index contributed by atoms with van der Waals surface area (Å²) >= 11 is 0. The second-order valence-corrected chi connectivity index (χ2v) is 5.90. The summed E-state index contributed by atoms with van der Waals surface area (Å²) < 4.78 is 2.19. The van der Waals surface area contributed by atoms with Crippen LogP contribution in [0.25, 0.3) is 11.0 Å². The van der Waals surface area contributed by atoms with Gasteiger partial charge in [0.15, 0.2) is 0 Å². The van der Waals surface area contributed by atoms with E-state index in [2.05, 4.69) is 43.7 Å². The molecule has 1 aliphatic carbocycles. The highest BCUT2D eigenvalue weighted by molar-refractivity contribution is 5.77. The van der Waals surface area contributed by atoms with E-state index in [4.69, 9.17) is 10.7 Å². The Morgan fingerprint density at radius 2 is 2.06 bits per heavy atom. The fourth-order valence-electron chi connectivity index (χ4n) is 2.89. The van der Waals surface area contributed by atoms with Crippen LogP contribution in [-0.4, -0.2) is 9.55 Å². The van der Waals surface area contributed by atoms with Crippen molar-refractivity contribution in [3.63, 3.8) is 0 Å². The first-order valence-electron chi connectivity index (χ1n) is 6.77. The van der Waals surface area contributed by atoms with Gasteiger partial charge in [-0.3, -0.25) is 0 Å². The normalized spacial score (nSPS) is 18.3. The highest BCUT2D eigenvalue weighted by atomic mass is 15.1. The molecule has 96 valence electrons. The van der Waals surface area contributed by atoms with Crippen LogP contribution >= 0.6 is 0 Å². The van der Waals surface area contributed by atoms with Crippen LogP contribution in [0.4, 0.5) is 0 Å². The summed E-state index contributed by atoms with van der Waals surface area (Å²) in [7, 11) is 2.09. The number of aryl methyl sites for hydroxylation is 1. The van der Waals surface area contributed by atoms with Gasteiger partial charge >= 0.3 is 0 Å². The number of aromatic nitrogens is 2. The summed E-state index contributed by atoms with van der Waals surface area (Å²) in [6, 6.07) is 6.52. The molecule has 1 fully saturated rings. The topological polar surface area (TPSA) is 43.8 Å². The number of nitrogens with two attached hydrogens (primary N) is 1. The number of benzene rings is 1. The largest absolute Gasteiger partial charge is 0.331 e. The lowest BCUT2D eigenvalue weighted by Gasteiger charge is -2.38. The van der Waals surface area contributed by atoms with Crippen LogP contribution in [0.3, 0.4) is 0 Å².